The molecule has 0 unspecified atom stereocenters. The summed E-state index contributed by atoms with van der Waals surface area (Å²) >= 11 is 0. The smallest absolute Gasteiger partial charge is 0.418 e. The Morgan fingerprint density at radius 2 is 0.967 bits per heavy atom. The Bertz CT molecular complexity index is 3860. The van der Waals surface area contributed by atoms with Crippen molar-refractivity contribution in [1.29, 1.82) is 0 Å². The zero-order valence-corrected chi connectivity index (χ0v) is 31.9. The minimum Gasteiger partial charge on any atom is -0.455 e. The predicted octanol–water partition coefficient (Wildman–Crippen LogP) is 14.0. The predicted molar refractivity (Wildman–Crippen MR) is 237 cm³/mol. The number of fused-ring (bicyclic) bond motifs is 13. The first-order valence-corrected chi connectivity index (χ1v) is 19.9. The van der Waals surface area contributed by atoms with Gasteiger partial charge in [-0.25, -0.2) is 15.0 Å². The first-order valence-electron chi connectivity index (χ1n) is 19.9. The van der Waals surface area contributed by atoms with Gasteiger partial charge in [-0.2, -0.15) is 13.2 Å². The number of nitrogens with zero attached hydrogens (tertiary/aromatic N) is 5. The Morgan fingerprint density at radius 3 is 1.62 bits per heavy atom. The van der Waals surface area contributed by atoms with E-state index in [9.17, 15) is 0 Å². The summed E-state index contributed by atoms with van der Waals surface area (Å²) in [5, 5.41) is 6.60. The minimum atomic E-state index is -4.82. The lowest BCUT2D eigenvalue weighted by Gasteiger charge is -2.19. The standard InChI is InChI=1S/C52H28F3N5O/c53-52(54,55)37-27-36(51-57-49(29-15-3-1-4-16-29)56-50(58-51)30-17-5-2-6-18-30)48-45(34-22-10-14-26-42(34)61-48)47(37)60-39-24-12-8-20-32(39)43-41(60)28-35-31-19-7-11-23-38(31)59-40-25-13-9-21-33(40)44(43)46(35)59/h1-28H. The molecule has 5 heterocycles. The maximum atomic E-state index is 16.3. The summed E-state index contributed by atoms with van der Waals surface area (Å²) in [6, 6.07) is 53.5. The minimum absolute atomic E-state index is 0.0235. The normalized spacial score (nSPS) is 12.5. The van der Waals surface area contributed by atoms with E-state index in [-0.39, 0.29) is 22.7 Å². The van der Waals surface area contributed by atoms with Gasteiger partial charge < -0.3 is 13.4 Å². The fourth-order valence-electron chi connectivity index (χ4n) is 9.63. The molecule has 0 bridgehead atoms. The molecule has 0 radical (unpaired) electrons. The third-order valence-electron chi connectivity index (χ3n) is 12.1. The largest absolute Gasteiger partial charge is 0.455 e. The van der Waals surface area contributed by atoms with Crippen LogP contribution in [-0.4, -0.2) is 23.9 Å². The third-order valence-corrected chi connectivity index (χ3v) is 12.1. The Kier molecular flexibility index (Phi) is 6.80. The second-order valence-corrected chi connectivity index (χ2v) is 15.4. The van der Waals surface area contributed by atoms with Crippen LogP contribution >= 0.6 is 0 Å². The molecule has 0 aliphatic heterocycles. The number of furan rings is 1. The summed E-state index contributed by atoms with van der Waals surface area (Å²) in [4.78, 5) is 14.6. The molecule has 5 aromatic heterocycles. The van der Waals surface area contributed by atoms with Gasteiger partial charge in [-0.1, -0.05) is 133 Å². The SMILES string of the molecule is FC(F)(F)c1cc(-c2nc(-c3ccccc3)nc(-c3ccccc3)n2)c2oc3ccccc3c2c1-n1c2ccccc2c2c3c4ccccc4n4c5ccccc5c(cc21)c34. The monoisotopic (exact) mass is 795 g/mol. The molecule has 9 heteroatoms. The number of halogens is 3. The molecular formula is C52H28F3N5O. The molecule has 0 spiro atoms. The molecule has 0 fully saturated rings. The van der Waals surface area contributed by atoms with E-state index >= 15 is 13.2 Å². The summed E-state index contributed by atoms with van der Waals surface area (Å²) in [7, 11) is 0. The quantitative estimate of drug-likeness (QED) is 0.178. The van der Waals surface area contributed by atoms with E-state index in [1.807, 2.05) is 132 Å². The number of alkyl halides is 3. The van der Waals surface area contributed by atoms with E-state index in [1.54, 1.807) is 6.07 Å². The molecule has 0 N–H and O–H groups in total. The first-order chi connectivity index (χ1) is 29.9. The van der Waals surface area contributed by atoms with Crippen LogP contribution in [0.2, 0.25) is 0 Å². The average Bonchev–Trinajstić information content (AvgIpc) is 4.04. The van der Waals surface area contributed by atoms with E-state index in [0.717, 1.165) is 54.9 Å². The van der Waals surface area contributed by atoms with Gasteiger partial charge in [-0.05, 0) is 36.4 Å². The number of benzene rings is 8. The Balaban J connectivity index is 1.22. The molecule has 8 aromatic carbocycles. The van der Waals surface area contributed by atoms with Gasteiger partial charge in [-0.3, -0.25) is 0 Å². The molecule has 13 rings (SSSR count). The van der Waals surface area contributed by atoms with Crippen molar-refractivity contribution < 1.29 is 17.6 Å². The average molecular weight is 796 g/mol. The van der Waals surface area contributed by atoms with Crippen LogP contribution in [0.4, 0.5) is 13.2 Å². The number of aromatic nitrogens is 5. The highest BCUT2D eigenvalue weighted by molar-refractivity contribution is 6.36. The fourth-order valence-corrected chi connectivity index (χ4v) is 9.63. The lowest BCUT2D eigenvalue weighted by atomic mass is 9.99. The summed E-state index contributed by atoms with van der Waals surface area (Å²) in [5.74, 6) is 0.723. The van der Waals surface area contributed by atoms with Crippen LogP contribution in [0, 0.1) is 0 Å². The molecule has 0 amide bonds. The van der Waals surface area contributed by atoms with E-state index in [0.29, 0.717) is 50.2 Å². The molecule has 13 aromatic rings. The molecule has 288 valence electrons. The van der Waals surface area contributed by atoms with Crippen LogP contribution in [0.1, 0.15) is 5.56 Å². The van der Waals surface area contributed by atoms with Crippen molar-refractivity contribution in [2.45, 2.75) is 6.18 Å². The highest BCUT2D eigenvalue weighted by Gasteiger charge is 2.39. The topological polar surface area (TPSA) is 61.2 Å². The Hall–Kier alpha value is -8.04. The van der Waals surface area contributed by atoms with Gasteiger partial charge >= 0.3 is 6.18 Å². The van der Waals surface area contributed by atoms with Crippen molar-refractivity contribution in [3.63, 3.8) is 0 Å². The van der Waals surface area contributed by atoms with Gasteiger partial charge in [0.1, 0.15) is 11.2 Å². The van der Waals surface area contributed by atoms with Crippen LogP contribution in [0.5, 0.6) is 0 Å². The van der Waals surface area contributed by atoms with Gasteiger partial charge in [0.05, 0.1) is 49.8 Å². The number of rotatable bonds is 4. The van der Waals surface area contributed by atoms with E-state index in [4.69, 9.17) is 19.4 Å². The number of para-hydroxylation sites is 4. The summed E-state index contributed by atoms with van der Waals surface area (Å²) in [6.07, 6.45) is -4.82. The molecule has 0 aliphatic carbocycles. The molecule has 61 heavy (non-hydrogen) atoms. The summed E-state index contributed by atoms with van der Waals surface area (Å²) < 4.78 is 59.8. The van der Waals surface area contributed by atoms with E-state index in [1.165, 1.54) is 0 Å². The van der Waals surface area contributed by atoms with Crippen molar-refractivity contribution in [3.8, 4) is 39.9 Å². The second kappa shape index (κ2) is 12.2. The highest BCUT2D eigenvalue weighted by atomic mass is 19.4. The molecule has 0 atom stereocenters. The second-order valence-electron chi connectivity index (χ2n) is 15.4. The van der Waals surface area contributed by atoms with Gasteiger partial charge in [0.15, 0.2) is 17.5 Å². The molecule has 0 saturated carbocycles. The zero-order chi connectivity index (χ0) is 40.6. The Labute approximate surface area is 343 Å². The fraction of sp³-hybridized carbons (Fsp3) is 0.0192. The van der Waals surface area contributed by atoms with Crippen molar-refractivity contribution in [1.82, 2.24) is 23.9 Å². The van der Waals surface area contributed by atoms with Crippen LogP contribution in [0.3, 0.4) is 0 Å². The summed E-state index contributed by atoms with van der Waals surface area (Å²) in [6.45, 7) is 0. The molecule has 6 nitrogen and oxygen atoms in total. The number of hydrogen-bond donors (Lipinski definition) is 0. The van der Waals surface area contributed by atoms with E-state index < -0.39 is 11.7 Å². The highest BCUT2D eigenvalue weighted by Crippen LogP contribution is 2.51. The van der Waals surface area contributed by atoms with E-state index in [2.05, 4.69) is 34.7 Å². The van der Waals surface area contributed by atoms with Gasteiger partial charge in [0.25, 0.3) is 0 Å². The van der Waals surface area contributed by atoms with Crippen LogP contribution in [0.25, 0.3) is 122 Å². The van der Waals surface area contributed by atoms with Gasteiger partial charge in [-0.15, -0.1) is 0 Å². The lowest BCUT2D eigenvalue weighted by Crippen LogP contribution is -2.12. The maximum Gasteiger partial charge on any atom is 0.418 e. The number of hydrogen-bond acceptors (Lipinski definition) is 4. The zero-order valence-electron chi connectivity index (χ0n) is 31.9. The van der Waals surface area contributed by atoms with Crippen molar-refractivity contribution in [3.05, 3.63) is 175 Å². The first kappa shape index (κ1) is 33.9. The van der Waals surface area contributed by atoms with Crippen LogP contribution in [0.15, 0.2) is 174 Å². The summed E-state index contributed by atoms with van der Waals surface area (Å²) in [5.41, 5.74) is 5.75. The van der Waals surface area contributed by atoms with Gasteiger partial charge in [0, 0.05) is 48.8 Å². The maximum absolute atomic E-state index is 16.3. The van der Waals surface area contributed by atoms with Crippen LogP contribution in [-0.2, 0) is 6.18 Å². The van der Waals surface area contributed by atoms with Crippen molar-refractivity contribution in [2.75, 3.05) is 0 Å². The molecular weight excluding hydrogens is 768 g/mol. The Morgan fingerprint density at radius 1 is 0.443 bits per heavy atom. The lowest BCUT2D eigenvalue weighted by molar-refractivity contribution is -0.137. The van der Waals surface area contributed by atoms with Crippen molar-refractivity contribution >= 4 is 81.8 Å². The van der Waals surface area contributed by atoms with Gasteiger partial charge in [0.2, 0.25) is 0 Å². The molecule has 0 saturated heterocycles. The van der Waals surface area contributed by atoms with Crippen LogP contribution < -0.4 is 0 Å². The third kappa shape index (κ3) is 4.71. The van der Waals surface area contributed by atoms with Crippen molar-refractivity contribution in [2.24, 2.45) is 0 Å². The molecule has 0 aliphatic rings.